The number of rotatable bonds is 6. The lowest BCUT2D eigenvalue weighted by Crippen LogP contribution is -2.39. The van der Waals surface area contributed by atoms with E-state index in [-0.39, 0.29) is 11.9 Å². The van der Waals surface area contributed by atoms with E-state index in [1.165, 1.54) is 0 Å². The fourth-order valence-corrected chi connectivity index (χ4v) is 2.29. The van der Waals surface area contributed by atoms with Crippen LogP contribution in [0, 0.1) is 0 Å². The highest BCUT2D eigenvalue weighted by Crippen LogP contribution is 2.18. The molecule has 0 aromatic heterocycles. The molecule has 2 aromatic carbocycles. The summed E-state index contributed by atoms with van der Waals surface area (Å²) in [4.78, 5) is 14.4. The molecule has 0 aliphatic heterocycles. The molecule has 23 heavy (non-hydrogen) atoms. The molecule has 1 unspecified atom stereocenters. The number of carbonyl (C=O) groups is 1. The number of carbonyl (C=O) groups excluding carboxylic acids is 1. The van der Waals surface area contributed by atoms with Crippen LogP contribution >= 0.6 is 11.6 Å². The van der Waals surface area contributed by atoms with Crippen LogP contribution in [0.15, 0.2) is 48.5 Å². The maximum absolute atomic E-state index is 12.4. The summed E-state index contributed by atoms with van der Waals surface area (Å²) in [5, 5.41) is 3.62. The van der Waals surface area contributed by atoms with Crippen molar-refractivity contribution in [1.29, 1.82) is 0 Å². The van der Waals surface area contributed by atoms with E-state index in [1.54, 1.807) is 13.2 Å². The first-order valence-corrected chi connectivity index (χ1v) is 7.77. The molecule has 0 aliphatic carbocycles. The van der Waals surface area contributed by atoms with Gasteiger partial charge in [-0.2, -0.15) is 0 Å². The van der Waals surface area contributed by atoms with Crippen LogP contribution in [0.1, 0.15) is 12.5 Å². The monoisotopic (exact) mass is 332 g/mol. The standard InChI is InChI=1S/C18H21ClN2O2/c1-13(21(2)12-14-7-9-15(19)10-8-14)18(22)20-16-5-4-6-17(11-16)23-3/h4-11,13H,12H2,1-3H3,(H,20,22). The van der Waals surface area contributed by atoms with Crippen LogP contribution in [-0.2, 0) is 11.3 Å². The summed E-state index contributed by atoms with van der Waals surface area (Å²) in [5.41, 5.74) is 1.83. The third-order valence-corrected chi connectivity index (χ3v) is 3.98. The van der Waals surface area contributed by atoms with Gasteiger partial charge in [0, 0.05) is 23.3 Å². The van der Waals surface area contributed by atoms with E-state index in [2.05, 4.69) is 5.32 Å². The maximum Gasteiger partial charge on any atom is 0.241 e. The minimum absolute atomic E-state index is 0.0604. The van der Waals surface area contributed by atoms with Crippen molar-refractivity contribution in [2.75, 3.05) is 19.5 Å². The van der Waals surface area contributed by atoms with Crippen LogP contribution in [0.3, 0.4) is 0 Å². The summed E-state index contributed by atoms with van der Waals surface area (Å²) < 4.78 is 5.16. The summed E-state index contributed by atoms with van der Waals surface area (Å²) >= 11 is 5.89. The van der Waals surface area contributed by atoms with E-state index in [1.807, 2.05) is 61.3 Å². The topological polar surface area (TPSA) is 41.6 Å². The van der Waals surface area contributed by atoms with Crippen LogP contribution in [0.25, 0.3) is 0 Å². The highest BCUT2D eigenvalue weighted by molar-refractivity contribution is 6.30. The second kappa shape index (κ2) is 7.99. The first kappa shape index (κ1) is 17.3. The minimum Gasteiger partial charge on any atom is -0.497 e. The summed E-state index contributed by atoms with van der Waals surface area (Å²) in [5.74, 6) is 0.652. The average Bonchev–Trinajstić information content (AvgIpc) is 2.56. The molecule has 2 aromatic rings. The number of hydrogen-bond acceptors (Lipinski definition) is 3. The van der Waals surface area contributed by atoms with Gasteiger partial charge in [0.2, 0.25) is 5.91 Å². The maximum atomic E-state index is 12.4. The molecule has 0 saturated carbocycles. The zero-order chi connectivity index (χ0) is 16.8. The molecule has 1 atom stereocenters. The van der Waals surface area contributed by atoms with E-state index in [4.69, 9.17) is 16.3 Å². The summed E-state index contributed by atoms with van der Waals surface area (Å²) in [6.07, 6.45) is 0. The molecule has 1 amide bonds. The predicted octanol–water partition coefficient (Wildman–Crippen LogP) is 3.81. The lowest BCUT2D eigenvalue weighted by atomic mass is 10.2. The molecule has 0 fully saturated rings. The Kier molecular flexibility index (Phi) is 6.02. The van der Waals surface area contributed by atoms with Gasteiger partial charge in [-0.3, -0.25) is 9.69 Å². The Morgan fingerprint density at radius 3 is 2.61 bits per heavy atom. The van der Waals surface area contributed by atoms with Gasteiger partial charge in [-0.05, 0) is 43.8 Å². The number of halogens is 1. The number of nitrogens with zero attached hydrogens (tertiary/aromatic N) is 1. The van der Waals surface area contributed by atoms with Crippen molar-refractivity contribution in [2.24, 2.45) is 0 Å². The molecule has 5 heteroatoms. The Hall–Kier alpha value is -2.04. The van der Waals surface area contributed by atoms with Crippen LogP contribution in [0.4, 0.5) is 5.69 Å². The zero-order valence-electron chi connectivity index (χ0n) is 13.5. The molecule has 0 heterocycles. The van der Waals surface area contributed by atoms with Gasteiger partial charge in [-0.15, -0.1) is 0 Å². The molecule has 0 saturated heterocycles. The van der Waals surface area contributed by atoms with Crippen molar-refractivity contribution in [1.82, 2.24) is 4.90 Å². The van der Waals surface area contributed by atoms with Crippen LogP contribution in [0.2, 0.25) is 5.02 Å². The number of ether oxygens (including phenoxy) is 1. The van der Waals surface area contributed by atoms with E-state index in [9.17, 15) is 4.79 Å². The van der Waals surface area contributed by atoms with Crippen molar-refractivity contribution in [3.8, 4) is 5.75 Å². The molecule has 0 aliphatic rings. The van der Waals surface area contributed by atoms with Gasteiger partial charge < -0.3 is 10.1 Å². The predicted molar refractivity (Wildman–Crippen MR) is 94.0 cm³/mol. The van der Waals surface area contributed by atoms with Gasteiger partial charge >= 0.3 is 0 Å². The summed E-state index contributed by atoms with van der Waals surface area (Å²) in [7, 11) is 3.52. The lowest BCUT2D eigenvalue weighted by molar-refractivity contribution is -0.120. The first-order valence-electron chi connectivity index (χ1n) is 7.39. The van der Waals surface area contributed by atoms with E-state index >= 15 is 0 Å². The molecule has 122 valence electrons. The van der Waals surface area contributed by atoms with Gasteiger partial charge in [0.25, 0.3) is 0 Å². The van der Waals surface area contributed by atoms with Crippen molar-refractivity contribution in [3.05, 3.63) is 59.1 Å². The number of anilines is 1. The SMILES string of the molecule is COc1cccc(NC(=O)C(C)N(C)Cc2ccc(Cl)cc2)c1. The quantitative estimate of drug-likeness (QED) is 0.874. The van der Waals surface area contributed by atoms with Crippen molar-refractivity contribution in [2.45, 2.75) is 19.5 Å². The molecular weight excluding hydrogens is 312 g/mol. The van der Waals surface area contributed by atoms with Crippen LogP contribution in [0.5, 0.6) is 5.75 Å². The number of methoxy groups -OCH3 is 1. The second-order valence-electron chi connectivity index (χ2n) is 5.44. The zero-order valence-corrected chi connectivity index (χ0v) is 14.3. The highest BCUT2D eigenvalue weighted by atomic mass is 35.5. The Bertz CT molecular complexity index is 658. The van der Waals surface area contributed by atoms with Crippen LogP contribution < -0.4 is 10.1 Å². The largest absolute Gasteiger partial charge is 0.497 e. The third-order valence-electron chi connectivity index (χ3n) is 3.72. The Balaban J connectivity index is 1.96. The highest BCUT2D eigenvalue weighted by Gasteiger charge is 2.18. The van der Waals surface area contributed by atoms with Gasteiger partial charge in [-0.25, -0.2) is 0 Å². The molecule has 2 rings (SSSR count). The normalized spacial score (nSPS) is 12.0. The smallest absolute Gasteiger partial charge is 0.241 e. The van der Waals surface area contributed by atoms with Gasteiger partial charge in [0.05, 0.1) is 13.2 Å². The fraction of sp³-hybridized carbons (Fsp3) is 0.278. The summed E-state index contributed by atoms with van der Waals surface area (Å²) in [6, 6.07) is 14.7. The number of benzene rings is 2. The van der Waals surface area contributed by atoms with Crippen molar-refractivity contribution in [3.63, 3.8) is 0 Å². The van der Waals surface area contributed by atoms with E-state index < -0.39 is 0 Å². The average molecular weight is 333 g/mol. The van der Waals surface area contributed by atoms with Crippen LogP contribution in [-0.4, -0.2) is 31.0 Å². The van der Waals surface area contributed by atoms with Crippen molar-refractivity contribution >= 4 is 23.2 Å². The number of hydrogen-bond donors (Lipinski definition) is 1. The third kappa shape index (κ3) is 4.98. The molecule has 4 nitrogen and oxygen atoms in total. The summed E-state index contributed by atoms with van der Waals surface area (Å²) in [6.45, 7) is 2.55. The molecular formula is C18H21ClN2O2. The Morgan fingerprint density at radius 2 is 1.96 bits per heavy atom. The molecule has 1 N–H and O–H groups in total. The number of amides is 1. The van der Waals surface area contributed by atoms with Crippen molar-refractivity contribution < 1.29 is 9.53 Å². The second-order valence-corrected chi connectivity index (χ2v) is 5.88. The van der Waals surface area contributed by atoms with Gasteiger partial charge in [-0.1, -0.05) is 29.8 Å². The minimum atomic E-state index is -0.267. The molecule has 0 bridgehead atoms. The van der Waals surface area contributed by atoms with Gasteiger partial charge in [0.15, 0.2) is 0 Å². The number of likely N-dealkylation sites (N-methyl/N-ethyl adjacent to an activating group) is 1. The Labute approximate surface area is 142 Å². The molecule has 0 spiro atoms. The van der Waals surface area contributed by atoms with E-state index in [0.717, 1.165) is 11.3 Å². The lowest BCUT2D eigenvalue weighted by Gasteiger charge is -2.24. The number of nitrogens with one attached hydrogen (secondary N) is 1. The Morgan fingerprint density at radius 1 is 1.26 bits per heavy atom. The molecule has 0 radical (unpaired) electrons. The van der Waals surface area contributed by atoms with Gasteiger partial charge in [0.1, 0.15) is 5.75 Å². The fourth-order valence-electron chi connectivity index (χ4n) is 2.16. The van der Waals surface area contributed by atoms with E-state index in [0.29, 0.717) is 17.3 Å². The first-order chi connectivity index (χ1) is 11.0.